The van der Waals surface area contributed by atoms with E-state index in [0.29, 0.717) is 13.0 Å². The van der Waals surface area contributed by atoms with E-state index in [1.165, 1.54) is 6.92 Å². The van der Waals surface area contributed by atoms with Gasteiger partial charge in [0.1, 0.15) is 5.60 Å². The summed E-state index contributed by atoms with van der Waals surface area (Å²) in [6, 6.07) is 0. The van der Waals surface area contributed by atoms with E-state index in [9.17, 15) is 9.90 Å². The van der Waals surface area contributed by atoms with Crippen LogP contribution in [0.15, 0.2) is 0 Å². The number of nitrogens with one attached hydrogen (secondary N) is 1. The number of hydrogen-bond acceptors (Lipinski definition) is 4. The lowest BCUT2D eigenvalue weighted by molar-refractivity contribution is -0.122. The van der Waals surface area contributed by atoms with Gasteiger partial charge in [-0.1, -0.05) is 0 Å². The third-order valence-corrected chi connectivity index (χ3v) is 1.86. The number of carbonyl (C=O) groups excluding carboxylic acids is 1. The molecule has 5 N–H and O–H groups in total. The SMILES string of the molecule is CC(O)(CO)CNC(=O)CCCCN. The standard InChI is InChI=1S/C9H20N2O3/c1-9(14,7-12)6-11-8(13)4-2-3-5-10/h12,14H,2-7,10H2,1H3,(H,11,13). The molecule has 0 radical (unpaired) electrons. The number of carbonyl (C=O) groups is 1. The Labute approximate surface area is 84.3 Å². The summed E-state index contributed by atoms with van der Waals surface area (Å²) < 4.78 is 0. The molecule has 0 bridgehead atoms. The molecule has 0 aromatic carbocycles. The zero-order valence-electron chi connectivity index (χ0n) is 8.62. The molecule has 1 unspecified atom stereocenters. The van der Waals surface area contributed by atoms with Gasteiger partial charge in [-0.15, -0.1) is 0 Å². The van der Waals surface area contributed by atoms with Crippen molar-refractivity contribution in [3.05, 3.63) is 0 Å². The third-order valence-electron chi connectivity index (χ3n) is 1.86. The minimum Gasteiger partial charge on any atom is -0.393 e. The molecule has 0 saturated carbocycles. The van der Waals surface area contributed by atoms with Gasteiger partial charge in [-0.05, 0) is 26.3 Å². The lowest BCUT2D eigenvalue weighted by Crippen LogP contribution is -2.43. The Balaban J connectivity index is 3.53. The van der Waals surface area contributed by atoms with Crippen LogP contribution in [-0.2, 0) is 4.79 Å². The van der Waals surface area contributed by atoms with E-state index in [2.05, 4.69) is 5.32 Å². The number of nitrogens with two attached hydrogens (primary N) is 1. The Hall–Kier alpha value is -0.650. The summed E-state index contributed by atoms with van der Waals surface area (Å²) in [5.74, 6) is -0.118. The summed E-state index contributed by atoms with van der Waals surface area (Å²) in [6.07, 6.45) is 1.99. The van der Waals surface area contributed by atoms with E-state index in [4.69, 9.17) is 10.8 Å². The van der Waals surface area contributed by atoms with Crippen LogP contribution in [0.3, 0.4) is 0 Å². The summed E-state index contributed by atoms with van der Waals surface area (Å²) in [5, 5.41) is 20.6. The van der Waals surface area contributed by atoms with Gasteiger partial charge in [-0.25, -0.2) is 0 Å². The normalized spacial score (nSPS) is 14.9. The van der Waals surface area contributed by atoms with Crippen molar-refractivity contribution in [3.8, 4) is 0 Å². The highest BCUT2D eigenvalue weighted by Crippen LogP contribution is 1.99. The van der Waals surface area contributed by atoms with Gasteiger partial charge in [0.15, 0.2) is 0 Å². The molecule has 0 saturated heterocycles. The lowest BCUT2D eigenvalue weighted by atomic mass is 10.1. The van der Waals surface area contributed by atoms with Crippen LogP contribution in [0.4, 0.5) is 0 Å². The number of aliphatic hydroxyl groups excluding tert-OH is 1. The van der Waals surface area contributed by atoms with E-state index in [1.54, 1.807) is 0 Å². The van der Waals surface area contributed by atoms with Gasteiger partial charge in [0.25, 0.3) is 0 Å². The maximum atomic E-state index is 11.1. The fourth-order valence-corrected chi connectivity index (χ4v) is 0.863. The van der Waals surface area contributed by atoms with Crippen LogP contribution in [0.25, 0.3) is 0 Å². The maximum absolute atomic E-state index is 11.1. The van der Waals surface area contributed by atoms with Crippen molar-refractivity contribution >= 4 is 5.91 Å². The molecule has 0 aliphatic carbocycles. The largest absolute Gasteiger partial charge is 0.393 e. The Morgan fingerprint density at radius 3 is 2.64 bits per heavy atom. The first kappa shape index (κ1) is 13.4. The lowest BCUT2D eigenvalue weighted by Gasteiger charge is -2.20. The smallest absolute Gasteiger partial charge is 0.220 e. The maximum Gasteiger partial charge on any atom is 0.220 e. The first-order chi connectivity index (χ1) is 6.52. The zero-order chi connectivity index (χ0) is 11.0. The Morgan fingerprint density at radius 2 is 2.14 bits per heavy atom. The van der Waals surface area contributed by atoms with Crippen molar-refractivity contribution in [3.63, 3.8) is 0 Å². The van der Waals surface area contributed by atoms with Crippen LogP contribution >= 0.6 is 0 Å². The number of hydrogen-bond donors (Lipinski definition) is 4. The second kappa shape index (κ2) is 6.75. The molecule has 1 atom stereocenters. The van der Waals surface area contributed by atoms with E-state index in [-0.39, 0.29) is 19.1 Å². The predicted molar refractivity (Wildman–Crippen MR) is 53.6 cm³/mol. The Morgan fingerprint density at radius 1 is 1.50 bits per heavy atom. The van der Waals surface area contributed by atoms with Crippen LogP contribution in [-0.4, -0.2) is 41.4 Å². The van der Waals surface area contributed by atoms with Crippen LogP contribution in [0, 0.1) is 0 Å². The molecule has 84 valence electrons. The highest BCUT2D eigenvalue weighted by Gasteiger charge is 2.19. The minimum absolute atomic E-state index is 0.0744. The van der Waals surface area contributed by atoms with Gasteiger partial charge in [0, 0.05) is 13.0 Å². The molecule has 0 aromatic heterocycles. The Bertz CT molecular complexity index is 171. The van der Waals surface area contributed by atoms with Crippen molar-refractivity contribution < 1.29 is 15.0 Å². The number of aliphatic hydroxyl groups is 2. The molecule has 5 nitrogen and oxygen atoms in total. The second-order valence-corrected chi connectivity index (χ2v) is 3.68. The van der Waals surface area contributed by atoms with Gasteiger partial charge in [0.05, 0.1) is 6.61 Å². The van der Waals surface area contributed by atoms with Gasteiger partial charge in [-0.2, -0.15) is 0 Å². The molecule has 0 aliphatic rings. The van der Waals surface area contributed by atoms with Crippen molar-refractivity contribution in [2.75, 3.05) is 19.7 Å². The second-order valence-electron chi connectivity index (χ2n) is 3.68. The summed E-state index contributed by atoms with van der Waals surface area (Å²) in [6.45, 7) is 1.76. The van der Waals surface area contributed by atoms with E-state index in [1.807, 2.05) is 0 Å². The molecule has 14 heavy (non-hydrogen) atoms. The molecule has 0 aromatic rings. The van der Waals surface area contributed by atoms with E-state index < -0.39 is 5.60 Å². The molecule has 0 rings (SSSR count). The summed E-state index contributed by atoms with van der Waals surface area (Å²) in [5.41, 5.74) is 4.04. The van der Waals surface area contributed by atoms with E-state index in [0.717, 1.165) is 12.8 Å². The average Bonchev–Trinajstić information content (AvgIpc) is 2.16. The monoisotopic (exact) mass is 204 g/mol. The molecule has 5 heteroatoms. The molecular formula is C9H20N2O3. The molecule has 0 heterocycles. The number of unbranched alkanes of at least 4 members (excludes halogenated alkanes) is 1. The highest BCUT2D eigenvalue weighted by atomic mass is 16.3. The van der Waals surface area contributed by atoms with Crippen molar-refractivity contribution in [1.82, 2.24) is 5.32 Å². The van der Waals surface area contributed by atoms with Crippen LogP contribution in [0.5, 0.6) is 0 Å². The van der Waals surface area contributed by atoms with Crippen molar-refractivity contribution in [2.45, 2.75) is 31.8 Å². The van der Waals surface area contributed by atoms with Crippen LogP contribution in [0.2, 0.25) is 0 Å². The quantitative estimate of drug-likeness (QED) is 0.399. The molecule has 0 aliphatic heterocycles. The first-order valence-corrected chi connectivity index (χ1v) is 4.82. The van der Waals surface area contributed by atoms with Gasteiger partial charge in [0.2, 0.25) is 5.91 Å². The zero-order valence-corrected chi connectivity index (χ0v) is 8.62. The number of rotatable bonds is 7. The van der Waals surface area contributed by atoms with Gasteiger partial charge >= 0.3 is 0 Å². The Kier molecular flexibility index (Phi) is 6.44. The third kappa shape index (κ3) is 6.82. The van der Waals surface area contributed by atoms with Crippen molar-refractivity contribution in [1.29, 1.82) is 0 Å². The summed E-state index contributed by atoms with van der Waals surface area (Å²) in [4.78, 5) is 11.1. The summed E-state index contributed by atoms with van der Waals surface area (Å²) >= 11 is 0. The van der Waals surface area contributed by atoms with Crippen LogP contribution < -0.4 is 11.1 Å². The molecule has 0 spiro atoms. The average molecular weight is 204 g/mol. The fourth-order valence-electron chi connectivity index (χ4n) is 0.863. The van der Waals surface area contributed by atoms with Crippen LogP contribution in [0.1, 0.15) is 26.2 Å². The fraction of sp³-hybridized carbons (Fsp3) is 0.889. The molecule has 0 fully saturated rings. The van der Waals surface area contributed by atoms with E-state index >= 15 is 0 Å². The predicted octanol–water partition coefficient (Wildman–Crippen LogP) is -1.03. The summed E-state index contributed by atoms with van der Waals surface area (Å²) in [7, 11) is 0. The van der Waals surface area contributed by atoms with Gasteiger partial charge < -0.3 is 21.3 Å². The molecular weight excluding hydrogens is 184 g/mol. The minimum atomic E-state index is -1.23. The first-order valence-electron chi connectivity index (χ1n) is 4.82. The number of amides is 1. The topological polar surface area (TPSA) is 95.6 Å². The highest BCUT2D eigenvalue weighted by molar-refractivity contribution is 5.75. The van der Waals surface area contributed by atoms with Gasteiger partial charge in [-0.3, -0.25) is 4.79 Å². The van der Waals surface area contributed by atoms with Crippen molar-refractivity contribution in [2.24, 2.45) is 5.73 Å². The molecule has 1 amide bonds.